The molecule has 23 heavy (non-hydrogen) atoms. The zero-order chi connectivity index (χ0) is 17.4. The highest BCUT2D eigenvalue weighted by molar-refractivity contribution is 5.94. The molecule has 1 amide bonds. The number of nitro benzene ring substituents is 1. The van der Waals surface area contributed by atoms with Crippen molar-refractivity contribution in [2.45, 2.75) is 13.3 Å². The summed E-state index contributed by atoms with van der Waals surface area (Å²) < 4.78 is 5.19. The molecule has 0 radical (unpaired) electrons. The molecule has 0 unspecified atom stereocenters. The van der Waals surface area contributed by atoms with Crippen molar-refractivity contribution in [2.24, 2.45) is 0 Å². The van der Waals surface area contributed by atoms with Gasteiger partial charge in [0, 0.05) is 6.54 Å². The van der Waals surface area contributed by atoms with Gasteiger partial charge in [0.1, 0.15) is 11.4 Å². The number of carbonyl (C=O) groups excluding carboxylic acids is 1. The second-order valence-corrected chi connectivity index (χ2v) is 4.80. The highest BCUT2D eigenvalue weighted by Crippen LogP contribution is 2.29. The van der Waals surface area contributed by atoms with Crippen LogP contribution in [0.1, 0.15) is 13.3 Å². The molecule has 0 heterocycles. The summed E-state index contributed by atoms with van der Waals surface area (Å²) in [5.41, 5.74) is -0.201. The van der Waals surface area contributed by atoms with E-state index in [1.54, 1.807) is 14.0 Å². The molecule has 0 saturated carbocycles. The molecule has 1 aromatic carbocycles. The zero-order valence-corrected chi connectivity index (χ0v) is 12.9. The van der Waals surface area contributed by atoms with Crippen LogP contribution >= 0.6 is 0 Å². The SMILES string of the molecule is CCOc1ccc(NC(=O)CN(C)CCC(=O)O)c([N+](=O)[O-])c1. The van der Waals surface area contributed by atoms with Crippen molar-refractivity contribution in [1.29, 1.82) is 0 Å². The van der Waals surface area contributed by atoms with Crippen molar-refractivity contribution in [2.75, 3.05) is 32.1 Å². The van der Waals surface area contributed by atoms with E-state index in [1.165, 1.54) is 23.1 Å². The molecule has 126 valence electrons. The molecular formula is C14H19N3O6. The van der Waals surface area contributed by atoms with Crippen LogP contribution in [0.15, 0.2) is 18.2 Å². The van der Waals surface area contributed by atoms with Crippen LogP contribution in [0.3, 0.4) is 0 Å². The van der Waals surface area contributed by atoms with Gasteiger partial charge >= 0.3 is 5.97 Å². The Bertz CT molecular complexity index is 590. The van der Waals surface area contributed by atoms with Crippen LogP contribution < -0.4 is 10.1 Å². The van der Waals surface area contributed by atoms with Gasteiger partial charge in [-0.1, -0.05) is 0 Å². The largest absolute Gasteiger partial charge is 0.494 e. The Morgan fingerprint density at radius 1 is 1.43 bits per heavy atom. The number of carbonyl (C=O) groups is 2. The molecule has 0 fully saturated rings. The van der Waals surface area contributed by atoms with Gasteiger partial charge in [-0.25, -0.2) is 0 Å². The van der Waals surface area contributed by atoms with Gasteiger partial charge in [0.25, 0.3) is 5.69 Å². The van der Waals surface area contributed by atoms with Crippen molar-refractivity contribution in [3.8, 4) is 5.75 Å². The first-order valence-electron chi connectivity index (χ1n) is 6.95. The summed E-state index contributed by atoms with van der Waals surface area (Å²) in [4.78, 5) is 34.4. The van der Waals surface area contributed by atoms with Crippen LogP contribution in [0.2, 0.25) is 0 Å². The number of nitro groups is 1. The first kappa shape index (κ1) is 18.4. The molecule has 1 aromatic rings. The van der Waals surface area contributed by atoms with Crippen LogP contribution in [-0.2, 0) is 9.59 Å². The third-order valence-corrected chi connectivity index (χ3v) is 2.87. The smallest absolute Gasteiger partial charge is 0.304 e. The molecule has 9 nitrogen and oxygen atoms in total. The Hall–Kier alpha value is -2.68. The number of anilines is 1. The van der Waals surface area contributed by atoms with Gasteiger partial charge in [-0.05, 0) is 26.1 Å². The second-order valence-electron chi connectivity index (χ2n) is 4.80. The number of nitrogens with zero attached hydrogens (tertiary/aromatic N) is 2. The normalized spacial score (nSPS) is 10.4. The maximum Gasteiger partial charge on any atom is 0.304 e. The molecule has 0 aromatic heterocycles. The predicted octanol–water partition coefficient (Wildman–Crippen LogP) is 1.34. The van der Waals surface area contributed by atoms with Gasteiger partial charge in [0.2, 0.25) is 5.91 Å². The molecule has 0 aliphatic carbocycles. The van der Waals surface area contributed by atoms with Crippen molar-refractivity contribution in [3.05, 3.63) is 28.3 Å². The molecule has 0 spiro atoms. The molecule has 0 saturated heterocycles. The number of rotatable bonds is 9. The molecule has 0 aliphatic heterocycles. The topological polar surface area (TPSA) is 122 Å². The minimum atomic E-state index is -0.959. The fraction of sp³-hybridized carbons (Fsp3) is 0.429. The Balaban J connectivity index is 2.73. The van der Waals surface area contributed by atoms with Crippen LogP contribution in [0.4, 0.5) is 11.4 Å². The van der Waals surface area contributed by atoms with Gasteiger partial charge < -0.3 is 15.2 Å². The maximum absolute atomic E-state index is 11.9. The molecule has 0 aliphatic rings. The molecule has 0 atom stereocenters. The fourth-order valence-electron chi connectivity index (χ4n) is 1.83. The van der Waals surface area contributed by atoms with Gasteiger partial charge in [-0.2, -0.15) is 0 Å². The predicted molar refractivity (Wildman–Crippen MR) is 82.6 cm³/mol. The maximum atomic E-state index is 11.9. The van der Waals surface area contributed by atoms with E-state index < -0.39 is 16.8 Å². The highest BCUT2D eigenvalue weighted by Gasteiger charge is 2.18. The minimum absolute atomic E-state index is 0.0649. The number of hydrogen-bond acceptors (Lipinski definition) is 6. The van der Waals surface area contributed by atoms with Gasteiger partial charge in [-0.3, -0.25) is 24.6 Å². The lowest BCUT2D eigenvalue weighted by atomic mass is 10.2. The summed E-state index contributed by atoms with van der Waals surface area (Å²) in [5, 5.41) is 22.1. The van der Waals surface area contributed by atoms with Crippen molar-refractivity contribution in [1.82, 2.24) is 4.90 Å². The van der Waals surface area contributed by atoms with Gasteiger partial charge in [0.15, 0.2) is 0 Å². The Morgan fingerprint density at radius 3 is 2.70 bits per heavy atom. The third kappa shape index (κ3) is 6.30. The van der Waals surface area contributed by atoms with E-state index in [9.17, 15) is 19.7 Å². The standard InChI is InChI=1S/C14H19N3O6/c1-3-23-10-4-5-11(12(8-10)17(21)22)15-13(18)9-16(2)7-6-14(19)20/h4-5,8H,3,6-7,9H2,1-2H3,(H,15,18)(H,19,20). The Kier molecular flexibility index (Phi) is 6.94. The first-order valence-corrected chi connectivity index (χ1v) is 6.95. The van der Waals surface area contributed by atoms with E-state index in [2.05, 4.69) is 5.32 Å². The van der Waals surface area contributed by atoms with E-state index in [1.807, 2.05) is 0 Å². The molecular weight excluding hydrogens is 306 g/mol. The molecule has 0 bridgehead atoms. The van der Waals surface area contributed by atoms with E-state index in [4.69, 9.17) is 9.84 Å². The molecule has 1 rings (SSSR count). The Labute approximate surface area is 133 Å². The lowest BCUT2D eigenvalue weighted by Gasteiger charge is -2.15. The number of aliphatic carboxylic acids is 1. The van der Waals surface area contributed by atoms with E-state index in [-0.39, 0.29) is 30.9 Å². The summed E-state index contributed by atoms with van der Waals surface area (Å²) in [5.74, 6) is -1.08. The van der Waals surface area contributed by atoms with E-state index in [0.717, 1.165) is 0 Å². The number of benzene rings is 1. The number of carboxylic acids is 1. The van der Waals surface area contributed by atoms with Crippen LogP contribution in [0.5, 0.6) is 5.75 Å². The van der Waals surface area contributed by atoms with Crippen molar-refractivity contribution >= 4 is 23.3 Å². The quantitative estimate of drug-likeness (QED) is 0.519. The second kappa shape index (κ2) is 8.69. The zero-order valence-electron chi connectivity index (χ0n) is 12.9. The Morgan fingerprint density at radius 2 is 2.13 bits per heavy atom. The fourth-order valence-corrected chi connectivity index (χ4v) is 1.83. The molecule has 9 heteroatoms. The number of likely N-dealkylation sites (N-methyl/N-ethyl adjacent to an activating group) is 1. The number of amides is 1. The molecule has 2 N–H and O–H groups in total. The summed E-state index contributed by atoms with van der Waals surface area (Å²) >= 11 is 0. The van der Waals surface area contributed by atoms with Gasteiger partial charge in [0.05, 0.1) is 30.6 Å². The monoisotopic (exact) mass is 325 g/mol. The average Bonchev–Trinajstić information content (AvgIpc) is 2.46. The van der Waals surface area contributed by atoms with Crippen LogP contribution in [0, 0.1) is 10.1 Å². The summed E-state index contributed by atoms with van der Waals surface area (Å²) in [7, 11) is 1.59. The van der Waals surface area contributed by atoms with Crippen LogP contribution in [0.25, 0.3) is 0 Å². The van der Waals surface area contributed by atoms with Crippen molar-refractivity contribution < 1.29 is 24.4 Å². The lowest BCUT2D eigenvalue weighted by molar-refractivity contribution is -0.384. The average molecular weight is 325 g/mol. The van der Waals surface area contributed by atoms with E-state index in [0.29, 0.717) is 12.4 Å². The third-order valence-electron chi connectivity index (χ3n) is 2.87. The number of nitrogens with one attached hydrogen (secondary N) is 1. The lowest BCUT2D eigenvalue weighted by Crippen LogP contribution is -2.31. The number of hydrogen-bond donors (Lipinski definition) is 2. The van der Waals surface area contributed by atoms with Gasteiger partial charge in [-0.15, -0.1) is 0 Å². The first-order chi connectivity index (χ1) is 10.8. The number of ether oxygens (including phenoxy) is 1. The highest BCUT2D eigenvalue weighted by atomic mass is 16.6. The number of carboxylic acid groups (broad SMARTS) is 1. The summed E-state index contributed by atoms with van der Waals surface area (Å²) in [6, 6.07) is 4.17. The minimum Gasteiger partial charge on any atom is -0.494 e. The van der Waals surface area contributed by atoms with E-state index >= 15 is 0 Å². The van der Waals surface area contributed by atoms with Crippen LogP contribution in [-0.4, -0.2) is 53.6 Å². The summed E-state index contributed by atoms with van der Waals surface area (Å²) in [6.07, 6.45) is -0.0903. The van der Waals surface area contributed by atoms with Crippen molar-refractivity contribution in [3.63, 3.8) is 0 Å². The summed E-state index contributed by atoms with van der Waals surface area (Å²) in [6.45, 7) is 2.26.